The number of nitrogens with two attached hydrogens (primary N) is 1. The van der Waals surface area contributed by atoms with Crippen LogP contribution in [0.3, 0.4) is 0 Å². The number of ether oxygens (including phenoxy) is 2. The number of esters is 1. The highest BCUT2D eigenvalue weighted by molar-refractivity contribution is 5.98. The number of unbranched alkanes of at least 4 members (excludes halogenated alkanes) is 1. The SMILES string of the molecule is CCCCOC(=O)[C@H](C(C)C)N(C)CCc1ccc(NC(=O)[C@H](CCCNC(N)=O)NC(=O)[C@@H](NC(=O)OC(C)(C)C)C(C)C)cc1. The molecule has 1 aromatic carbocycles. The molecule has 6 N–H and O–H groups in total. The Morgan fingerprint density at radius 1 is 0.915 bits per heavy atom. The minimum absolute atomic E-state index is 0.0932. The largest absolute Gasteiger partial charge is 0.465 e. The van der Waals surface area contributed by atoms with E-state index in [-0.39, 0.29) is 36.8 Å². The fraction of sp³-hybridized carbons (Fsp3) is 0.676. The van der Waals surface area contributed by atoms with Gasteiger partial charge in [0.05, 0.1) is 6.61 Å². The van der Waals surface area contributed by atoms with E-state index in [2.05, 4.69) is 28.2 Å². The van der Waals surface area contributed by atoms with Crippen LogP contribution < -0.4 is 27.0 Å². The maximum atomic E-state index is 13.4. The van der Waals surface area contributed by atoms with Crippen LogP contribution in [-0.2, 0) is 30.3 Å². The van der Waals surface area contributed by atoms with Crippen LogP contribution in [0.25, 0.3) is 0 Å². The topological polar surface area (TPSA) is 181 Å². The number of urea groups is 1. The molecule has 0 aliphatic heterocycles. The van der Waals surface area contributed by atoms with E-state index in [4.69, 9.17) is 15.2 Å². The first-order valence-corrected chi connectivity index (χ1v) is 16.5. The summed E-state index contributed by atoms with van der Waals surface area (Å²) < 4.78 is 10.8. The second-order valence-corrected chi connectivity index (χ2v) is 13.5. The molecule has 266 valence electrons. The molecule has 0 fully saturated rings. The summed E-state index contributed by atoms with van der Waals surface area (Å²) in [5.74, 6) is -1.40. The fourth-order valence-corrected chi connectivity index (χ4v) is 4.81. The minimum Gasteiger partial charge on any atom is -0.465 e. The van der Waals surface area contributed by atoms with Crippen molar-refractivity contribution in [3.63, 3.8) is 0 Å². The lowest BCUT2D eigenvalue weighted by Gasteiger charge is -2.29. The fourth-order valence-electron chi connectivity index (χ4n) is 4.81. The Morgan fingerprint density at radius 2 is 1.55 bits per heavy atom. The molecule has 47 heavy (non-hydrogen) atoms. The summed E-state index contributed by atoms with van der Waals surface area (Å²) in [5, 5.41) is 10.7. The number of rotatable bonds is 19. The average Bonchev–Trinajstić information content (AvgIpc) is 2.95. The maximum Gasteiger partial charge on any atom is 0.408 e. The van der Waals surface area contributed by atoms with Crippen molar-refractivity contribution in [2.24, 2.45) is 17.6 Å². The second kappa shape index (κ2) is 20.4. The first kappa shape index (κ1) is 41.2. The first-order chi connectivity index (χ1) is 21.9. The number of primary amides is 1. The quantitative estimate of drug-likeness (QED) is 0.109. The van der Waals surface area contributed by atoms with E-state index in [1.54, 1.807) is 46.8 Å². The summed E-state index contributed by atoms with van der Waals surface area (Å²) in [7, 11) is 1.92. The van der Waals surface area contributed by atoms with E-state index in [9.17, 15) is 24.0 Å². The number of likely N-dealkylation sites (N-methyl/N-ethyl adjacent to an activating group) is 1. The molecule has 0 bridgehead atoms. The zero-order chi connectivity index (χ0) is 35.7. The zero-order valence-corrected chi connectivity index (χ0v) is 29.7. The molecule has 5 amide bonds. The number of carbonyl (C=O) groups excluding carboxylic acids is 5. The highest BCUT2D eigenvalue weighted by atomic mass is 16.6. The molecule has 1 rings (SSSR count). The van der Waals surface area contributed by atoms with Crippen LogP contribution in [0.5, 0.6) is 0 Å². The molecule has 0 heterocycles. The van der Waals surface area contributed by atoms with Crippen molar-refractivity contribution in [3.8, 4) is 0 Å². The van der Waals surface area contributed by atoms with Crippen LogP contribution in [-0.4, -0.2) is 85.3 Å². The smallest absolute Gasteiger partial charge is 0.408 e. The van der Waals surface area contributed by atoms with E-state index in [0.29, 0.717) is 31.7 Å². The second-order valence-electron chi connectivity index (χ2n) is 13.5. The number of benzene rings is 1. The molecule has 13 nitrogen and oxygen atoms in total. The number of anilines is 1. The number of alkyl carbamates (subject to hydrolysis) is 1. The first-order valence-electron chi connectivity index (χ1n) is 16.5. The molecule has 0 aliphatic carbocycles. The molecule has 0 aromatic heterocycles. The Balaban J connectivity index is 2.93. The Kier molecular flexibility index (Phi) is 17.8. The van der Waals surface area contributed by atoms with Crippen molar-refractivity contribution in [3.05, 3.63) is 29.8 Å². The molecule has 0 aliphatic rings. The normalized spacial score (nSPS) is 13.4. The van der Waals surface area contributed by atoms with Gasteiger partial charge in [-0.3, -0.25) is 19.3 Å². The molecule has 0 spiro atoms. The highest BCUT2D eigenvalue weighted by Crippen LogP contribution is 2.16. The lowest BCUT2D eigenvalue weighted by atomic mass is 10.0. The highest BCUT2D eigenvalue weighted by Gasteiger charge is 2.31. The van der Waals surface area contributed by atoms with Crippen molar-refractivity contribution in [1.29, 1.82) is 0 Å². The van der Waals surface area contributed by atoms with Gasteiger partial charge in [-0.1, -0.05) is 53.2 Å². The van der Waals surface area contributed by atoms with Crippen LogP contribution >= 0.6 is 0 Å². The number of hydrogen-bond donors (Lipinski definition) is 5. The van der Waals surface area contributed by atoms with E-state index in [0.717, 1.165) is 18.4 Å². The van der Waals surface area contributed by atoms with Crippen molar-refractivity contribution in [1.82, 2.24) is 20.9 Å². The molecule has 13 heteroatoms. The number of carbonyl (C=O) groups is 5. The average molecular weight is 663 g/mol. The number of nitrogens with one attached hydrogen (secondary N) is 4. The molecule has 3 atom stereocenters. The van der Waals surface area contributed by atoms with Crippen LogP contribution in [0.2, 0.25) is 0 Å². The third-order valence-electron chi connectivity index (χ3n) is 7.29. The van der Waals surface area contributed by atoms with E-state index < -0.39 is 41.6 Å². The van der Waals surface area contributed by atoms with Gasteiger partial charge in [-0.2, -0.15) is 0 Å². The summed E-state index contributed by atoms with van der Waals surface area (Å²) in [6.07, 6.45) is 2.31. The molecule has 0 radical (unpaired) electrons. The van der Waals surface area contributed by atoms with Gasteiger partial charge in [0.1, 0.15) is 23.7 Å². The predicted octanol–water partition coefficient (Wildman–Crippen LogP) is 3.95. The Morgan fingerprint density at radius 3 is 2.09 bits per heavy atom. The van der Waals surface area contributed by atoms with Crippen LogP contribution in [0.15, 0.2) is 24.3 Å². The summed E-state index contributed by atoms with van der Waals surface area (Å²) in [6, 6.07) is 4.42. The number of amides is 5. The Hall–Kier alpha value is -3.87. The van der Waals surface area contributed by atoms with Crippen LogP contribution in [0.4, 0.5) is 15.3 Å². The summed E-state index contributed by atoms with van der Waals surface area (Å²) >= 11 is 0. The van der Waals surface area contributed by atoms with E-state index >= 15 is 0 Å². The Bertz CT molecular complexity index is 1150. The number of nitrogens with zero attached hydrogens (tertiary/aromatic N) is 1. The van der Waals surface area contributed by atoms with E-state index in [1.165, 1.54) is 0 Å². The van der Waals surface area contributed by atoms with Gasteiger partial charge in [-0.25, -0.2) is 9.59 Å². The molecule has 0 unspecified atom stereocenters. The third kappa shape index (κ3) is 16.5. The van der Waals surface area contributed by atoms with Crippen molar-refractivity contribution in [2.75, 3.05) is 32.1 Å². The van der Waals surface area contributed by atoms with Crippen molar-refractivity contribution >= 4 is 35.6 Å². The van der Waals surface area contributed by atoms with Gasteiger partial charge in [0.25, 0.3) is 0 Å². The van der Waals surface area contributed by atoms with Gasteiger partial charge >= 0.3 is 18.1 Å². The van der Waals surface area contributed by atoms with Gasteiger partial charge in [-0.05, 0) is 83.0 Å². The van der Waals surface area contributed by atoms with E-state index in [1.807, 2.05) is 37.9 Å². The number of hydrogen-bond acceptors (Lipinski definition) is 8. The molecule has 0 saturated carbocycles. The minimum atomic E-state index is -0.961. The van der Waals surface area contributed by atoms with Gasteiger partial charge in [0, 0.05) is 18.8 Å². The standard InChI is InChI=1S/C34H58N6O7/c1-10-11-21-46-31(43)28(23(4)5)40(9)20-18-24-14-16-25(17-15-24)37-29(41)26(13-12-19-36-32(35)44)38-30(42)27(22(2)3)39-33(45)47-34(6,7)8/h14-17,22-23,26-28H,10-13,18-21H2,1-9H3,(H,37,41)(H,38,42)(H,39,45)(H3,35,36,44)/t26-,27-,28-/m0/s1. The molecule has 0 saturated heterocycles. The van der Waals surface area contributed by atoms with Gasteiger partial charge < -0.3 is 36.5 Å². The predicted molar refractivity (Wildman–Crippen MR) is 183 cm³/mol. The molecular formula is C34H58N6O7. The zero-order valence-electron chi connectivity index (χ0n) is 29.7. The van der Waals surface area contributed by atoms with Gasteiger partial charge in [-0.15, -0.1) is 0 Å². The van der Waals surface area contributed by atoms with Crippen LogP contribution in [0, 0.1) is 11.8 Å². The van der Waals surface area contributed by atoms with Gasteiger partial charge in [0.15, 0.2) is 0 Å². The maximum absolute atomic E-state index is 13.4. The lowest BCUT2D eigenvalue weighted by Crippen LogP contribution is -2.55. The van der Waals surface area contributed by atoms with Crippen molar-refractivity contribution in [2.45, 2.75) is 111 Å². The lowest BCUT2D eigenvalue weighted by molar-refractivity contribution is -0.151. The van der Waals surface area contributed by atoms with Crippen LogP contribution in [0.1, 0.15) is 86.6 Å². The monoisotopic (exact) mass is 662 g/mol. The summed E-state index contributed by atoms with van der Waals surface area (Å²) in [6.45, 7) is 16.1. The molecule has 1 aromatic rings. The summed E-state index contributed by atoms with van der Waals surface area (Å²) in [5.41, 5.74) is 5.96. The summed E-state index contributed by atoms with van der Waals surface area (Å²) in [4.78, 5) is 64.8. The third-order valence-corrected chi connectivity index (χ3v) is 7.29. The molecular weight excluding hydrogens is 604 g/mol. The Labute approximate surface area is 280 Å². The van der Waals surface area contributed by atoms with Gasteiger partial charge in [0.2, 0.25) is 11.8 Å². The van der Waals surface area contributed by atoms with Crippen molar-refractivity contribution < 1.29 is 33.4 Å².